The first-order valence-corrected chi connectivity index (χ1v) is 5.90. The molecule has 1 aliphatic heterocycles. The Bertz CT molecular complexity index is 206. The van der Waals surface area contributed by atoms with Crippen LogP contribution in [0.5, 0.6) is 0 Å². The third-order valence-electron chi connectivity index (χ3n) is 3.01. The Hall–Kier alpha value is -0.290. The summed E-state index contributed by atoms with van der Waals surface area (Å²) in [5, 5.41) is 6.27. The molecular formula is C11H21F3N2. The van der Waals surface area contributed by atoms with E-state index in [-0.39, 0.29) is 0 Å². The van der Waals surface area contributed by atoms with Crippen molar-refractivity contribution in [3.8, 4) is 0 Å². The number of nitrogens with one attached hydrogen (secondary N) is 2. The minimum absolute atomic E-state index is 0.319. The molecule has 0 amide bonds. The molecule has 0 saturated carbocycles. The highest BCUT2D eigenvalue weighted by Crippen LogP contribution is 2.21. The Morgan fingerprint density at radius 1 is 1.44 bits per heavy atom. The van der Waals surface area contributed by atoms with Crippen LogP contribution in [0, 0.1) is 5.92 Å². The summed E-state index contributed by atoms with van der Waals surface area (Å²) in [6.07, 6.45) is -2.62. The van der Waals surface area contributed by atoms with Gasteiger partial charge in [-0.15, -0.1) is 0 Å². The lowest BCUT2D eigenvalue weighted by Crippen LogP contribution is -2.46. The Labute approximate surface area is 95.0 Å². The second-order valence-corrected chi connectivity index (χ2v) is 4.91. The van der Waals surface area contributed by atoms with Crippen molar-refractivity contribution in [2.45, 2.75) is 51.4 Å². The second-order valence-electron chi connectivity index (χ2n) is 4.91. The number of hydrogen-bond donors (Lipinski definition) is 2. The van der Waals surface area contributed by atoms with E-state index in [1.807, 2.05) is 0 Å². The fourth-order valence-corrected chi connectivity index (χ4v) is 2.14. The second kappa shape index (κ2) is 5.87. The molecule has 0 bridgehead atoms. The van der Waals surface area contributed by atoms with Crippen LogP contribution >= 0.6 is 0 Å². The summed E-state index contributed by atoms with van der Waals surface area (Å²) in [7, 11) is 0. The van der Waals surface area contributed by atoms with Crippen molar-refractivity contribution in [1.29, 1.82) is 0 Å². The van der Waals surface area contributed by atoms with E-state index >= 15 is 0 Å². The molecule has 16 heavy (non-hydrogen) atoms. The summed E-state index contributed by atoms with van der Waals surface area (Å²) >= 11 is 0. The maximum absolute atomic E-state index is 12.1. The molecule has 96 valence electrons. The quantitative estimate of drug-likeness (QED) is 0.785. The van der Waals surface area contributed by atoms with Gasteiger partial charge in [0.15, 0.2) is 0 Å². The molecule has 1 rings (SSSR count). The summed E-state index contributed by atoms with van der Waals surface area (Å²) in [5.41, 5.74) is 0. The highest BCUT2D eigenvalue weighted by atomic mass is 19.4. The SMILES string of the molecule is CC1CCNC(CNC(C)CC(F)(F)F)C1. The van der Waals surface area contributed by atoms with Crippen molar-refractivity contribution < 1.29 is 13.2 Å². The minimum atomic E-state index is -4.07. The van der Waals surface area contributed by atoms with Gasteiger partial charge in [-0.2, -0.15) is 13.2 Å². The zero-order valence-electron chi connectivity index (χ0n) is 9.90. The van der Waals surface area contributed by atoms with Gasteiger partial charge in [0, 0.05) is 18.6 Å². The van der Waals surface area contributed by atoms with Gasteiger partial charge in [0.05, 0.1) is 6.42 Å². The van der Waals surface area contributed by atoms with Gasteiger partial charge in [-0.05, 0) is 32.2 Å². The predicted molar refractivity (Wildman–Crippen MR) is 58.3 cm³/mol. The van der Waals surface area contributed by atoms with E-state index in [1.54, 1.807) is 6.92 Å². The van der Waals surface area contributed by atoms with Crippen LogP contribution < -0.4 is 10.6 Å². The molecule has 2 N–H and O–H groups in total. The van der Waals surface area contributed by atoms with E-state index < -0.39 is 18.6 Å². The first kappa shape index (κ1) is 13.8. The van der Waals surface area contributed by atoms with Crippen molar-refractivity contribution in [2.75, 3.05) is 13.1 Å². The molecule has 0 aromatic rings. The van der Waals surface area contributed by atoms with E-state index in [2.05, 4.69) is 17.6 Å². The van der Waals surface area contributed by atoms with Crippen LogP contribution in [0.2, 0.25) is 0 Å². The molecule has 0 aliphatic carbocycles. The molecule has 1 heterocycles. The summed E-state index contributed by atoms with van der Waals surface area (Å²) in [4.78, 5) is 0. The van der Waals surface area contributed by atoms with Crippen molar-refractivity contribution in [3.05, 3.63) is 0 Å². The molecule has 3 unspecified atom stereocenters. The number of alkyl halides is 3. The highest BCUT2D eigenvalue weighted by Gasteiger charge is 2.30. The fourth-order valence-electron chi connectivity index (χ4n) is 2.14. The van der Waals surface area contributed by atoms with Crippen LogP contribution in [0.15, 0.2) is 0 Å². The van der Waals surface area contributed by atoms with E-state index in [0.29, 0.717) is 18.5 Å². The molecule has 1 saturated heterocycles. The minimum Gasteiger partial charge on any atom is -0.313 e. The molecule has 0 aromatic heterocycles. The Balaban J connectivity index is 2.18. The Morgan fingerprint density at radius 3 is 2.69 bits per heavy atom. The molecular weight excluding hydrogens is 217 g/mol. The number of rotatable bonds is 4. The van der Waals surface area contributed by atoms with Crippen LogP contribution in [0.4, 0.5) is 13.2 Å². The van der Waals surface area contributed by atoms with Crippen LogP contribution in [-0.4, -0.2) is 31.3 Å². The lowest BCUT2D eigenvalue weighted by molar-refractivity contribution is -0.139. The smallest absolute Gasteiger partial charge is 0.313 e. The number of piperidine rings is 1. The van der Waals surface area contributed by atoms with Gasteiger partial charge in [0.25, 0.3) is 0 Å². The van der Waals surface area contributed by atoms with E-state index in [0.717, 1.165) is 19.4 Å². The number of halogens is 3. The molecule has 0 radical (unpaired) electrons. The predicted octanol–water partition coefficient (Wildman–Crippen LogP) is 2.30. The average molecular weight is 238 g/mol. The van der Waals surface area contributed by atoms with Gasteiger partial charge in [0.1, 0.15) is 0 Å². The van der Waals surface area contributed by atoms with E-state index in [4.69, 9.17) is 0 Å². The van der Waals surface area contributed by atoms with E-state index in [9.17, 15) is 13.2 Å². The van der Waals surface area contributed by atoms with E-state index in [1.165, 1.54) is 0 Å². The summed E-state index contributed by atoms with van der Waals surface area (Å²) in [6, 6.07) is -0.182. The van der Waals surface area contributed by atoms with Gasteiger partial charge in [-0.25, -0.2) is 0 Å². The van der Waals surface area contributed by atoms with Crippen molar-refractivity contribution in [1.82, 2.24) is 10.6 Å². The number of hydrogen-bond acceptors (Lipinski definition) is 2. The third-order valence-corrected chi connectivity index (χ3v) is 3.01. The molecule has 0 aromatic carbocycles. The standard InChI is InChI=1S/C11H21F3N2/c1-8-3-4-15-10(5-8)7-16-9(2)6-11(12,13)14/h8-10,15-16H,3-7H2,1-2H3. The summed E-state index contributed by atoms with van der Waals surface area (Å²) < 4.78 is 36.2. The maximum atomic E-state index is 12.1. The summed E-state index contributed by atoms with van der Waals surface area (Å²) in [6.45, 7) is 5.37. The highest BCUT2D eigenvalue weighted by molar-refractivity contribution is 4.79. The Morgan fingerprint density at radius 2 is 2.12 bits per heavy atom. The van der Waals surface area contributed by atoms with Crippen LogP contribution in [0.1, 0.15) is 33.1 Å². The summed E-state index contributed by atoms with van der Waals surface area (Å²) in [5.74, 6) is 0.672. The van der Waals surface area contributed by atoms with Gasteiger partial charge in [-0.3, -0.25) is 0 Å². The Kier molecular flexibility index (Phi) is 5.05. The zero-order chi connectivity index (χ0) is 12.2. The van der Waals surface area contributed by atoms with Gasteiger partial charge >= 0.3 is 6.18 Å². The molecule has 1 fully saturated rings. The van der Waals surface area contributed by atoms with Crippen molar-refractivity contribution in [2.24, 2.45) is 5.92 Å². The molecule has 5 heteroatoms. The molecule has 2 nitrogen and oxygen atoms in total. The van der Waals surface area contributed by atoms with Crippen LogP contribution in [0.3, 0.4) is 0 Å². The lowest BCUT2D eigenvalue weighted by Gasteiger charge is -2.29. The van der Waals surface area contributed by atoms with Gasteiger partial charge in [0.2, 0.25) is 0 Å². The van der Waals surface area contributed by atoms with Crippen LogP contribution in [-0.2, 0) is 0 Å². The third kappa shape index (κ3) is 5.70. The molecule has 3 atom stereocenters. The lowest BCUT2D eigenvalue weighted by atomic mass is 9.94. The molecule has 0 spiro atoms. The van der Waals surface area contributed by atoms with Crippen molar-refractivity contribution in [3.63, 3.8) is 0 Å². The first-order valence-electron chi connectivity index (χ1n) is 5.90. The van der Waals surface area contributed by atoms with Gasteiger partial charge in [-0.1, -0.05) is 6.92 Å². The van der Waals surface area contributed by atoms with Crippen molar-refractivity contribution >= 4 is 0 Å². The van der Waals surface area contributed by atoms with Crippen LogP contribution in [0.25, 0.3) is 0 Å². The normalized spacial score (nSPS) is 29.1. The topological polar surface area (TPSA) is 24.1 Å². The first-order chi connectivity index (χ1) is 7.37. The fraction of sp³-hybridized carbons (Fsp3) is 1.00. The maximum Gasteiger partial charge on any atom is 0.390 e. The largest absolute Gasteiger partial charge is 0.390 e. The zero-order valence-corrected chi connectivity index (χ0v) is 9.90. The molecule has 1 aliphatic rings. The van der Waals surface area contributed by atoms with Gasteiger partial charge < -0.3 is 10.6 Å². The average Bonchev–Trinajstić information content (AvgIpc) is 2.12. The monoisotopic (exact) mass is 238 g/mol.